The van der Waals surface area contributed by atoms with E-state index in [9.17, 15) is 0 Å². The summed E-state index contributed by atoms with van der Waals surface area (Å²) in [6, 6.07) is 1.25. The van der Waals surface area contributed by atoms with Gasteiger partial charge < -0.3 is 0 Å². The Kier molecular flexibility index (Phi) is 15.4. The first-order valence-corrected chi connectivity index (χ1v) is 12.0. The van der Waals surface area contributed by atoms with Crippen LogP contribution in [0.3, 0.4) is 0 Å². The summed E-state index contributed by atoms with van der Waals surface area (Å²) in [5.74, 6) is 2.68. The standard InChI is InChI=1S/C26H53N/c1-21(2)13-10-14-24(7)15-11-16-25(8)17-12-18-26(9)19-20-27(22(3)4)23(5)6/h19,21-25H,10-18,20H2,1-9H3/b26-19+/t24-,25-/m1/s1. The van der Waals surface area contributed by atoms with Gasteiger partial charge in [-0.05, 0) is 65.2 Å². The monoisotopic (exact) mass is 379 g/mol. The summed E-state index contributed by atoms with van der Waals surface area (Å²) >= 11 is 0. The third-order valence-electron chi connectivity index (χ3n) is 6.12. The average molecular weight is 380 g/mol. The lowest BCUT2D eigenvalue weighted by atomic mass is 9.91. The van der Waals surface area contributed by atoms with Crippen molar-refractivity contribution >= 4 is 0 Å². The first kappa shape index (κ1) is 26.7. The van der Waals surface area contributed by atoms with E-state index in [-0.39, 0.29) is 0 Å². The summed E-state index contributed by atoms with van der Waals surface area (Å²) in [5, 5.41) is 0. The Bertz CT molecular complexity index is 358. The first-order chi connectivity index (χ1) is 12.6. The second-order valence-corrected chi connectivity index (χ2v) is 10.3. The molecule has 0 heterocycles. The molecule has 0 aliphatic rings. The van der Waals surface area contributed by atoms with Gasteiger partial charge in [0.25, 0.3) is 0 Å². The summed E-state index contributed by atoms with van der Waals surface area (Å²) in [5.41, 5.74) is 1.58. The molecule has 0 unspecified atom stereocenters. The fourth-order valence-electron chi connectivity index (χ4n) is 4.09. The molecule has 1 heteroatoms. The van der Waals surface area contributed by atoms with Crippen LogP contribution in [-0.4, -0.2) is 23.5 Å². The molecule has 0 bridgehead atoms. The summed E-state index contributed by atoms with van der Waals surface area (Å²) in [4.78, 5) is 2.56. The van der Waals surface area contributed by atoms with Gasteiger partial charge in [-0.15, -0.1) is 0 Å². The van der Waals surface area contributed by atoms with Crippen molar-refractivity contribution in [2.24, 2.45) is 17.8 Å². The number of hydrogen-bond acceptors (Lipinski definition) is 1. The smallest absolute Gasteiger partial charge is 0.0171 e. The minimum Gasteiger partial charge on any atom is -0.295 e. The van der Waals surface area contributed by atoms with Gasteiger partial charge in [-0.25, -0.2) is 0 Å². The molecule has 2 atom stereocenters. The van der Waals surface area contributed by atoms with Crippen molar-refractivity contribution in [1.82, 2.24) is 4.90 Å². The van der Waals surface area contributed by atoms with E-state index >= 15 is 0 Å². The molecule has 162 valence electrons. The van der Waals surface area contributed by atoms with Crippen molar-refractivity contribution in [2.75, 3.05) is 6.54 Å². The van der Waals surface area contributed by atoms with Crippen LogP contribution in [0, 0.1) is 17.8 Å². The largest absolute Gasteiger partial charge is 0.295 e. The fraction of sp³-hybridized carbons (Fsp3) is 0.923. The third-order valence-corrected chi connectivity index (χ3v) is 6.12. The van der Waals surface area contributed by atoms with Gasteiger partial charge in [-0.3, -0.25) is 4.90 Å². The Morgan fingerprint density at radius 2 is 1.11 bits per heavy atom. The molecule has 0 radical (unpaired) electrons. The molecule has 0 saturated carbocycles. The molecule has 1 nitrogen and oxygen atoms in total. The lowest BCUT2D eigenvalue weighted by Crippen LogP contribution is -2.37. The van der Waals surface area contributed by atoms with Crippen LogP contribution in [-0.2, 0) is 0 Å². The van der Waals surface area contributed by atoms with E-state index in [0.717, 1.165) is 24.3 Å². The van der Waals surface area contributed by atoms with E-state index in [1.807, 2.05) is 0 Å². The highest BCUT2D eigenvalue weighted by Gasteiger charge is 2.11. The molecular weight excluding hydrogens is 326 g/mol. The van der Waals surface area contributed by atoms with Crippen LogP contribution < -0.4 is 0 Å². The summed E-state index contributed by atoms with van der Waals surface area (Å²) in [6.45, 7) is 22.2. The van der Waals surface area contributed by atoms with Crippen molar-refractivity contribution in [1.29, 1.82) is 0 Å². The zero-order valence-electron chi connectivity index (χ0n) is 20.5. The quantitative estimate of drug-likeness (QED) is 0.243. The Balaban J connectivity index is 3.86. The molecule has 27 heavy (non-hydrogen) atoms. The first-order valence-electron chi connectivity index (χ1n) is 12.0. The normalized spacial score (nSPS) is 15.4. The van der Waals surface area contributed by atoms with Crippen LogP contribution in [0.5, 0.6) is 0 Å². The molecule has 0 aromatic carbocycles. The average Bonchev–Trinajstić information content (AvgIpc) is 2.53. The van der Waals surface area contributed by atoms with Gasteiger partial charge in [0.15, 0.2) is 0 Å². The van der Waals surface area contributed by atoms with Crippen LogP contribution in [0.15, 0.2) is 11.6 Å². The van der Waals surface area contributed by atoms with Crippen molar-refractivity contribution < 1.29 is 0 Å². The molecule has 0 N–H and O–H groups in total. The van der Waals surface area contributed by atoms with Gasteiger partial charge in [0.2, 0.25) is 0 Å². The maximum atomic E-state index is 2.56. The van der Waals surface area contributed by atoms with Crippen molar-refractivity contribution in [3.63, 3.8) is 0 Å². The second kappa shape index (κ2) is 15.6. The van der Waals surface area contributed by atoms with Crippen LogP contribution in [0.4, 0.5) is 0 Å². The van der Waals surface area contributed by atoms with Crippen molar-refractivity contribution in [3.8, 4) is 0 Å². The van der Waals surface area contributed by atoms with Gasteiger partial charge >= 0.3 is 0 Å². The predicted octanol–water partition coefficient (Wildman–Crippen LogP) is 8.49. The topological polar surface area (TPSA) is 3.24 Å². The molecule has 0 aliphatic carbocycles. The van der Waals surface area contributed by atoms with Gasteiger partial charge in [0, 0.05) is 18.6 Å². The lowest BCUT2D eigenvalue weighted by Gasteiger charge is -2.29. The van der Waals surface area contributed by atoms with Crippen LogP contribution in [0.2, 0.25) is 0 Å². The van der Waals surface area contributed by atoms with E-state index in [1.54, 1.807) is 5.57 Å². The number of hydrogen-bond donors (Lipinski definition) is 0. The van der Waals surface area contributed by atoms with Gasteiger partial charge in [-0.1, -0.05) is 84.3 Å². The van der Waals surface area contributed by atoms with E-state index in [4.69, 9.17) is 0 Å². The minimum absolute atomic E-state index is 0.627. The van der Waals surface area contributed by atoms with Crippen molar-refractivity contribution in [3.05, 3.63) is 11.6 Å². The van der Waals surface area contributed by atoms with Crippen molar-refractivity contribution in [2.45, 2.75) is 132 Å². The second-order valence-electron chi connectivity index (χ2n) is 10.3. The predicted molar refractivity (Wildman–Crippen MR) is 125 cm³/mol. The van der Waals surface area contributed by atoms with E-state index in [1.165, 1.54) is 57.8 Å². The highest BCUT2D eigenvalue weighted by molar-refractivity contribution is 5.00. The number of rotatable bonds is 16. The highest BCUT2D eigenvalue weighted by atomic mass is 15.2. The Hall–Kier alpha value is -0.300. The van der Waals surface area contributed by atoms with Gasteiger partial charge in [0.05, 0.1) is 0 Å². The molecule has 0 saturated heterocycles. The molecule has 0 aliphatic heterocycles. The summed E-state index contributed by atoms with van der Waals surface area (Å²) in [6.07, 6.45) is 15.0. The van der Waals surface area contributed by atoms with E-state index in [0.29, 0.717) is 12.1 Å². The van der Waals surface area contributed by atoms with Gasteiger partial charge in [-0.2, -0.15) is 0 Å². The zero-order chi connectivity index (χ0) is 20.8. The minimum atomic E-state index is 0.627. The van der Waals surface area contributed by atoms with E-state index in [2.05, 4.69) is 73.3 Å². The molecule has 0 rings (SSSR count). The maximum absolute atomic E-state index is 2.56. The Morgan fingerprint density at radius 1 is 0.667 bits per heavy atom. The summed E-state index contributed by atoms with van der Waals surface area (Å²) < 4.78 is 0. The Labute approximate surface area is 173 Å². The molecule has 0 fully saturated rings. The maximum Gasteiger partial charge on any atom is 0.0171 e. The van der Waals surface area contributed by atoms with Gasteiger partial charge in [0.1, 0.15) is 0 Å². The van der Waals surface area contributed by atoms with Crippen LogP contribution in [0.25, 0.3) is 0 Å². The third kappa shape index (κ3) is 15.3. The molecule has 0 spiro atoms. The molecule has 0 aromatic heterocycles. The SMILES string of the molecule is C/C(=C\CN(C(C)C)C(C)C)CCC[C@H](C)CCC[C@H](C)CCCC(C)C. The lowest BCUT2D eigenvalue weighted by molar-refractivity contribution is 0.196. The Morgan fingerprint density at radius 3 is 1.56 bits per heavy atom. The summed E-state index contributed by atoms with van der Waals surface area (Å²) in [7, 11) is 0. The molecule has 0 aromatic rings. The van der Waals surface area contributed by atoms with E-state index < -0.39 is 0 Å². The number of nitrogens with zero attached hydrogens (tertiary/aromatic N) is 1. The zero-order valence-corrected chi connectivity index (χ0v) is 20.5. The molecular formula is C26H53N. The highest BCUT2D eigenvalue weighted by Crippen LogP contribution is 2.22. The fourth-order valence-corrected chi connectivity index (χ4v) is 4.09. The van der Waals surface area contributed by atoms with Crippen LogP contribution >= 0.6 is 0 Å². The molecule has 0 amide bonds. The van der Waals surface area contributed by atoms with Crippen LogP contribution in [0.1, 0.15) is 120 Å². The number of allylic oxidation sites excluding steroid dienone is 1.